The number of hydrogen-bond donors (Lipinski definition) is 1. The number of carbonyl (C=O) groups excluding carboxylic acids is 1. The highest BCUT2D eigenvalue weighted by Gasteiger charge is 2.29. The molecule has 7 heteroatoms. The number of amides is 1. The summed E-state index contributed by atoms with van der Waals surface area (Å²) < 4.78 is 35.5. The zero-order chi connectivity index (χ0) is 16.9. The van der Waals surface area contributed by atoms with E-state index in [0.29, 0.717) is 24.5 Å². The van der Waals surface area contributed by atoms with Gasteiger partial charge in [0.05, 0.1) is 19.0 Å². The van der Waals surface area contributed by atoms with Gasteiger partial charge in [-0.25, -0.2) is 8.42 Å². The molecule has 0 unspecified atom stereocenters. The molecule has 128 valence electrons. The maximum Gasteiger partial charge on any atom is 0.238 e. The first-order chi connectivity index (χ1) is 10.9. The van der Waals surface area contributed by atoms with Crippen molar-refractivity contribution in [2.75, 3.05) is 20.3 Å². The van der Waals surface area contributed by atoms with Crippen molar-refractivity contribution in [3.8, 4) is 5.75 Å². The molecule has 0 aliphatic carbocycles. The zero-order valence-corrected chi connectivity index (χ0v) is 14.3. The van der Waals surface area contributed by atoms with Crippen molar-refractivity contribution in [3.63, 3.8) is 0 Å². The third-order valence-corrected chi connectivity index (χ3v) is 5.99. The molecule has 1 saturated heterocycles. The van der Waals surface area contributed by atoms with Crippen LogP contribution in [0.25, 0.3) is 0 Å². The lowest BCUT2D eigenvalue weighted by Gasteiger charge is -2.16. The minimum atomic E-state index is -3.62. The van der Waals surface area contributed by atoms with Crippen molar-refractivity contribution in [2.24, 2.45) is 0 Å². The first kappa shape index (κ1) is 17.7. The standard InChI is InChI=1S/C16H23NO5S/c1-12(16(18)17-10-14-7-5-9-22-14)23(19,20)11-13-6-3-4-8-15(13)21-2/h3-4,6,8,12,14H,5,7,9-11H2,1-2H3,(H,17,18)/t12-,14+/m1/s1. The summed E-state index contributed by atoms with van der Waals surface area (Å²) in [5, 5.41) is 1.55. The molecule has 2 rings (SSSR count). The molecular weight excluding hydrogens is 318 g/mol. The lowest BCUT2D eigenvalue weighted by atomic mass is 10.2. The predicted octanol–water partition coefficient (Wildman–Crippen LogP) is 1.29. The van der Waals surface area contributed by atoms with Crippen LogP contribution in [0.3, 0.4) is 0 Å². The number of carbonyl (C=O) groups is 1. The Balaban J connectivity index is 1.98. The number of benzene rings is 1. The molecule has 1 aromatic carbocycles. The Morgan fingerprint density at radius 2 is 2.17 bits per heavy atom. The van der Waals surface area contributed by atoms with E-state index < -0.39 is 21.0 Å². The molecule has 2 atom stereocenters. The van der Waals surface area contributed by atoms with Gasteiger partial charge in [0.2, 0.25) is 5.91 Å². The van der Waals surface area contributed by atoms with Crippen LogP contribution in [-0.4, -0.2) is 45.9 Å². The molecular formula is C16H23NO5S. The molecule has 1 N–H and O–H groups in total. The van der Waals surface area contributed by atoms with Crippen LogP contribution in [0.2, 0.25) is 0 Å². The van der Waals surface area contributed by atoms with E-state index in [1.807, 2.05) is 0 Å². The van der Waals surface area contributed by atoms with Crippen LogP contribution < -0.4 is 10.1 Å². The van der Waals surface area contributed by atoms with Crippen LogP contribution in [-0.2, 0) is 25.1 Å². The third kappa shape index (κ3) is 4.68. The van der Waals surface area contributed by atoms with Gasteiger partial charge in [0.1, 0.15) is 11.0 Å². The highest BCUT2D eigenvalue weighted by Crippen LogP contribution is 2.21. The van der Waals surface area contributed by atoms with E-state index in [2.05, 4.69) is 5.32 Å². The fourth-order valence-electron chi connectivity index (χ4n) is 2.49. The average molecular weight is 341 g/mol. The van der Waals surface area contributed by atoms with Crippen molar-refractivity contribution in [3.05, 3.63) is 29.8 Å². The van der Waals surface area contributed by atoms with Crippen molar-refractivity contribution in [2.45, 2.75) is 36.9 Å². The second-order valence-electron chi connectivity index (χ2n) is 5.64. The number of methoxy groups -OCH3 is 1. The lowest BCUT2D eigenvalue weighted by Crippen LogP contribution is -2.41. The third-order valence-electron chi connectivity index (χ3n) is 3.99. The Morgan fingerprint density at radius 3 is 2.83 bits per heavy atom. The van der Waals surface area contributed by atoms with Gasteiger partial charge in [0.25, 0.3) is 0 Å². The first-order valence-electron chi connectivity index (χ1n) is 7.67. The topological polar surface area (TPSA) is 81.7 Å². The number of para-hydroxylation sites is 1. The average Bonchev–Trinajstić information content (AvgIpc) is 3.05. The van der Waals surface area contributed by atoms with E-state index in [9.17, 15) is 13.2 Å². The summed E-state index contributed by atoms with van der Waals surface area (Å²) in [6.07, 6.45) is 1.85. The van der Waals surface area contributed by atoms with E-state index in [4.69, 9.17) is 9.47 Å². The van der Waals surface area contributed by atoms with Gasteiger partial charge in [-0.3, -0.25) is 4.79 Å². The fourth-order valence-corrected chi connectivity index (χ4v) is 3.82. The number of nitrogens with one attached hydrogen (secondary N) is 1. The Kier molecular flexibility index (Phi) is 6.01. The quantitative estimate of drug-likeness (QED) is 0.808. The van der Waals surface area contributed by atoms with E-state index in [0.717, 1.165) is 12.8 Å². The van der Waals surface area contributed by atoms with Crippen molar-refractivity contribution < 1.29 is 22.7 Å². The van der Waals surface area contributed by atoms with Gasteiger partial charge >= 0.3 is 0 Å². The lowest BCUT2D eigenvalue weighted by molar-refractivity contribution is -0.120. The minimum absolute atomic E-state index is 0.0110. The predicted molar refractivity (Wildman–Crippen MR) is 87.1 cm³/mol. The Morgan fingerprint density at radius 1 is 1.43 bits per heavy atom. The Hall–Kier alpha value is -1.60. The van der Waals surface area contributed by atoms with Crippen LogP contribution in [0.5, 0.6) is 5.75 Å². The van der Waals surface area contributed by atoms with E-state index in [-0.39, 0.29) is 11.9 Å². The molecule has 23 heavy (non-hydrogen) atoms. The molecule has 6 nitrogen and oxygen atoms in total. The smallest absolute Gasteiger partial charge is 0.238 e. The molecule has 0 aromatic heterocycles. The Bertz CT molecular complexity index is 638. The molecule has 1 heterocycles. The maximum absolute atomic E-state index is 12.5. The molecule has 1 aliphatic rings. The summed E-state index contributed by atoms with van der Waals surface area (Å²) in [5.41, 5.74) is 0.550. The van der Waals surface area contributed by atoms with Crippen molar-refractivity contribution >= 4 is 15.7 Å². The molecule has 1 amide bonds. The normalized spacial score (nSPS) is 19.3. The summed E-state index contributed by atoms with van der Waals surface area (Å²) in [4.78, 5) is 12.1. The van der Waals surface area contributed by atoms with Gasteiger partial charge < -0.3 is 14.8 Å². The van der Waals surface area contributed by atoms with Gasteiger partial charge in [-0.05, 0) is 25.8 Å². The summed E-state index contributed by atoms with van der Waals surface area (Å²) in [6.45, 7) is 2.46. The van der Waals surface area contributed by atoms with Gasteiger partial charge in [-0.2, -0.15) is 0 Å². The Labute approximate surface area is 137 Å². The van der Waals surface area contributed by atoms with E-state index in [1.165, 1.54) is 14.0 Å². The monoisotopic (exact) mass is 341 g/mol. The molecule has 0 spiro atoms. The SMILES string of the molecule is COc1ccccc1CS(=O)(=O)[C@H](C)C(=O)NC[C@@H]1CCCO1. The number of ether oxygens (including phenoxy) is 2. The van der Waals surface area contributed by atoms with Crippen LogP contribution >= 0.6 is 0 Å². The second kappa shape index (κ2) is 7.79. The van der Waals surface area contributed by atoms with Gasteiger partial charge in [0, 0.05) is 18.7 Å². The number of rotatable bonds is 7. The van der Waals surface area contributed by atoms with Crippen LogP contribution in [0.4, 0.5) is 0 Å². The first-order valence-corrected chi connectivity index (χ1v) is 9.38. The maximum atomic E-state index is 12.5. The summed E-state index contributed by atoms with van der Waals surface area (Å²) in [7, 11) is -2.13. The minimum Gasteiger partial charge on any atom is -0.496 e. The van der Waals surface area contributed by atoms with Gasteiger partial charge in [0.15, 0.2) is 9.84 Å². The number of sulfone groups is 1. The molecule has 1 aliphatic heterocycles. The van der Waals surface area contributed by atoms with Gasteiger partial charge in [-0.15, -0.1) is 0 Å². The molecule has 0 saturated carbocycles. The largest absolute Gasteiger partial charge is 0.496 e. The number of hydrogen-bond acceptors (Lipinski definition) is 5. The summed E-state index contributed by atoms with van der Waals surface area (Å²) >= 11 is 0. The second-order valence-corrected chi connectivity index (χ2v) is 7.96. The molecule has 0 bridgehead atoms. The highest BCUT2D eigenvalue weighted by atomic mass is 32.2. The van der Waals surface area contributed by atoms with Crippen molar-refractivity contribution in [1.82, 2.24) is 5.32 Å². The fraction of sp³-hybridized carbons (Fsp3) is 0.562. The molecule has 1 fully saturated rings. The summed E-state index contributed by atoms with van der Waals surface area (Å²) in [5.74, 6) is -0.218. The van der Waals surface area contributed by atoms with Gasteiger partial charge in [-0.1, -0.05) is 18.2 Å². The zero-order valence-electron chi connectivity index (χ0n) is 13.4. The van der Waals surface area contributed by atoms with Crippen LogP contribution in [0.1, 0.15) is 25.3 Å². The van der Waals surface area contributed by atoms with Crippen LogP contribution in [0, 0.1) is 0 Å². The van der Waals surface area contributed by atoms with E-state index in [1.54, 1.807) is 24.3 Å². The van der Waals surface area contributed by atoms with E-state index >= 15 is 0 Å². The summed E-state index contributed by atoms with van der Waals surface area (Å²) in [6, 6.07) is 6.91. The molecule has 1 aromatic rings. The highest BCUT2D eigenvalue weighted by molar-refractivity contribution is 7.92. The van der Waals surface area contributed by atoms with Crippen molar-refractivity contribution in [1.29, 1.82) is 0 Å². The molecule has 0 radical (unpaired) electrons. The van der Waals surface area contributed by atoms with Crippen LogP contribution in [0.15, 0.2) is 24.3 Å².